The summed E-state index contributed by atoms with van der Waals surface area (Å²) in [5, 5.41) is 6.79. The fourth-order valence-electron chi connectivity index (χ4n) is 2.00. The second-order valence-corrected chi connectivity index (χ2v) is 4.25. The fourth-order valence-corrected chi connectivity index (χ4v) is 2.00. The lowest BCUT2D eigenvalue weighted by molar-refractivity contribution is 0.623. The van der Waals surface area contributed by atoms with Crippen LogP contribution in [0.15, 0.2) is 0 Å². The van der Waals surface area contributed by atoms with Crippen molar-refractivity contribution in [1.29, 1.82) is 0 Å². The first kappa shape index (κ1) is 11.3. The quantitative estimate of drug-likeness (QED) is 0.757. The molecule has 0 saturated heterocycles. The molecule has 1 aromatic heterocycles. The highest BCUT2D eigenvalue weighted by Crippen LogP contribution is 2.19. The highest BCUT2D eigenvalue weighted by Gasteiger charge is 2.15. The summed E-state index contributed by atoms with van der Waals surface area (Å²) in [6.07, 6.45) is 3.41. The van der Waals surface area contributed by atoms with Gasteiger partial charge in [0, 0.05) is 31.6 Å². The van der Waals surface area contributed by atoms with Gasteiger partial charge in [-0.2, -0.15) is 0 Å². The van der Waals surface area contributed by atoms with Crippen molar-refractivity contribution in [3.8, 4) is 0 Å². The predicted molar refractivity (Wildman–Crippen MR) is 65.6 cm³/mol. The van der Waals surface area contributed by atoms with Gasteiger partial charge in [-0.1, -0.05) is 13.3 Å². The Kier molecular flexibility index (Phi) is 3.72. The van der Waals surface area contributed by atoms with Crippen molar-refractivity contribution in [2.45, 2.75) is 39.7 Å². The number of aryl methyl sites for hydroxylation is 1. The van der Waals surface area contributed by atoms with E-state index in [9.17, 15) is 0 Å². The number of nitrogens with one attached hydrogen (secondary N) is 2. The van der Waals surface area contributed by atoms with Crippen LogP contribution >= 0.6 is 0 Å². The summed E-state index contributed by atoms with van der Waals surface area (Å²) >= 11 is 0. The van der Waals surface area contributed by atoms with E-state index in [-0.39, 0.29) is 0 Å². The summed E-state index contributed by atoms with van der Waals surface area (Å²) in [6.45, 7) is 7.08. The lowest BCUT2D eigenvalue weighted by Crippen LogP contribution is -2.27. The van der Waals surface area contributed by atoms with E-state index in [1.54, 1.807) is 0 Å². The third kappa shape index (κ3) is 2.50. The zero-order valence-electron chi connectivity index (χ0n) is 10.1. The summed E-state index contributed by atoms with van der Waals surface area (Å²) in [6, 6.07) is 0. The zero-order valence-corrected chi connectivity index (χ0v) is 10.1. The topological polar surface area (TPSA) is 49.8 Å². The minimum Gasteiger partial charge on any atom is -0.370 e. The molecule has 1 aliphatic rings. The molecular weight excluding hydrogens is 200 g/mol. The SMILES string of the molecule is CCCCNc1nc(C)nc2c1CNCC2. The minimum absolute atomic E-state index is 0.875. The van der Waals surface area contributed by atoms with E-state index in [0.29, 0.717) is 0 Å². The van der Waals surface area contributed by atoms with Gasteiger partial charge in [-0.05, 0) is 13.3 Å². The van der Waals surface area contributed by atoms with Crippen molar-refractivity contribution in [3.05, 3.63) is 17.1 Å². The van der Waals surface area contributed by atoms with Gasteiger partial charge in [0.1, 0.15) is 11.6 Å². The maximum Gasteiger partial charge on any atom is 0.134 e. The second kappa shape index (κ2) is 5.25. The number of hydrogen-bond acceptors (Lipinski definition) is 4. The lowest BCUT2D eigenvalue weighted by atomic mass is 10.1. The Balaban J connectivity index is 2.18. The molecule has 0 atom stereocenters. The van der Waals surface area contributed by atoms with E-state index in [1.165, 1.54) is 24.1 Å². The molecule has 88 valence electrons. The molecule has 4 nitrogen and oxygen atoms in total. The second-order valence-electron chi connectivity index (χ2n) is 4.25. The third-order valence-electron chi connectivity index (χ3n) is 2.87. The average molecular weight is 220 g/mol. The van der Waals surface area contributed by atoms with Gasteiger partial charge in [0.2, 0.25) is 0 Å². The van der Waals surface area contributed by atoms with Crippen molar-refractivity contribution in [2.24, 2.45) is 0 Å². The molecule has 0 bridgehead atoms. The molecule has 0 saturated carbocycles. The number of nitrogens with zero attached hydrogens (tertiary/aromatic N) is 2. The van der Waals surface area contributed by atoms with Crippen molar-refractivity contribution >= 4 is 5.82 Å². The van der Waals surface area contributed by atoms with Crippen LogP contribution in [-0.2, 0) is 13.0 Å². The Morgan fingerprint density at radius 3 is 3.06 bits per heavy atom. The van der Waals surface area contributed by atoms with Gasteiger partial charge in [-0.15, -0.1) is 0 Å². The molecule has 0 aliphatic carbocycles. The minimum atomic E-state index is 0.875. The molecule has 0 aromatic carbocycles. The van der Waals surface area contributed by atoms with E-state index in [4.69, 9.17) is 0 Å². The monoisotopic (exact) mass is 220 g/mol. The first-order valence-corrected chi connectivity index (χ1v) is 6.12. The fraction of sp³-hybridized carbons (Fsp3) is 0.667. The van der Waals surface area contributed by atoms with Crippen LogP contribution in [0.2, 0.25) is 0 Å². The zero-order chi connectivity index (χ0) is 11.4. The van der Waals surface area contributed by atoms with Crippen LogP contribution < -0.4 is 10.6 Å². The van der Waals surface area contributed by atoms with Gasteiger partial charge in [0.05, 0.1) is 5.69 Å². The van der Waals surface area contributed by atoms with Crippen molar-refractivity contribution in [3.63, 3.8) is 0 Å². The maximum absolute atomic E-state index is 4.51. The van der Waals surface area contributed by atoms with Gasteiger partial charge in [-0.25, -0.2) is 9.97 Å². The Hall–Kier alpha value is -1.16. The molecule has 2 N–H and O–H groups in total. The summed E-state index contributed by atoms with van der Waals surface area (Å²) in [7, 11) is 0. The largest absolute Gasteiger partial charge is 0.370 e. The number of unbranched alkanes of at least 4 members (excludes halogenated alkanes) is 1. The summed E-state index contributed by atoms with van der Waals surface area (Å²) in [5.74, 6) is 1.91. The molecule has 1 aliphatic heterocycles. The Bertz CT molecular complexity index is 362. The van der Waals surface area contributed by atoms with Gasteiger partial charge < -0.3 is 10.6 Å². The summed E-state index contributed by atoms with van der Waals surface area (Å²) in [4.78, 5) is 9.01. The highest BCUT2D eigenvalue weighted by atomic mass is 15.0. The smallest absolute Gasteiger partial charge is 0.134 e. The molecule has 2 heterocycles. The lowest BCUT2D eigenvalue weighted by Gasteiger charge is -2.20. The normalized spacial score (nSPS) is 14.6. The molecule has 0 fully saturated rings. The molecular formula is C12H20N4. The van der Waals surface area contributed by atoms with Crippen LogP contribution in [0.25, 0.3) is 0 Å². The molecule has 0 unspecified atom stereocenters. The van der Waals surface area contributed by atoms with Crippen LogP contribution in [0.5, 0.6) is 0 Å². The molecule has 16 heavy (non-hydrogen) atoms. The Morgan fingerprint density at radius 1 is 1.38 bits per heavy atom. The molecule has 4 heteroatoms. The van der Waals surface area contributed by atoms with Crippen LogP contribution in [-0.4, -0.2) is 23.1 Å². The van der Waals surface area contributed by atoms with E-state index in [0.717, 1.165) is 37.7 Å². The van der Waals surface area contributed by atoms with Gasteiger partial charge in [-0.3, -0.25) is 0 Å². The highest BCUT2D eigenvalue weighted by molar-refractivity contribution is 5.47. The van der Waals surface area contributed by atoms with Gasteiger partial charge >= 0.3 is 0 Å². The van der Waals surface area contributed by atoms with Crippen LogP contribution in [0, 0.1) is 6.92 Å². The third-order valence-corrected chi connectivity index (χ3v) is 2.87. The van der Waals surface area contributed by atoms with Crippen LogP contribution in [0.3, 0.4) is 0 Å². The molecule has 0 spiro atoms. The Morgan fingerprint density at radius 2 is 2.25 bits per heavy atom. The molecule has 1 aromatic rings. The van der Waals surface area contributed by atoms with Crippen molar-refractivity contribution < 1.29 is 0 Å². The Labute approximate surface area is 96.9 Å². The first-order chi connectivity index (χ1) is 7.81. The molecule has 2 rings (SSSR count). The summed E-state index contributed by atoms with van der Waals surface area (Å²) < 4.78 is 0. The van der Waals surface area contributed by atoms with Crippen LogP contribution in [0.1, 0.15) is 36.8 Å². The van der Waals surface area contributed by atoms with Gasteiger partial charge in [0.15, 0.2) is 0 Å². The number of fused-ring (bicyclic) bond motifs is 1. The van der Waals surface area contributed by atoms with E-state index >= 15 is 0 Å². The van der Waals surface area contributed by atoms with E-state index in [1.807, 2.05) is 6.92 Å². The maximum atomic E-state index is 4.51. The predicted octanol–water partition coefficient (Wildman–Crippen LogP) is 1.64. The number of rotatable bonds is 4. The number of hydrogen-bond donors (Lipinski definition) is 2. The average Bonchev–Trinajstić information content (AvgIpc) is 2.29. The summed E-state index contributed by atoms with van der Waals surface area (Å²) in [5.41, 5.74) is 2.47. The van der Waals surface area contributed by atoms with Gasteiger partial charge in [0.25, 0.3) is 0 Å². The van der Waals surface area contributed by atoms with Crippen LogP contribution in [0.4, 0.5) is 5.82 Å². The number of aromatic nitrogens is 2. The molecule has 0 amide bonds. The van der Waals surface area contributed by atoms with Crippen molar-refractivity contribution in [2.75, 3.05) is 18.4 Å². The van der Waals surface area contributed by atoms with Crippen molar-refractivity contribution in [1.82, 2.24) is 15.3 Å². The van der Waals surface area contributed by atoms with E-state index in [2.05, 4.69) is 27.5 Å². The molecule has 0 radical (unpaired) electrons. The first-order valence-electron chi connectivity index (χ1n) is 6.12. The standard InChI is InChI=1S/C12H20N4/c1-3-4-6-14-12-10-8-13-7-5-11(10)15-9(2)16-12/h13H,3-8H2,1-2H3,(H,14,15,16). The number of anilines is 1. The van der Waals surface area contributed by atoms with E-state index < -0.39 is 0 Å².